The topological polar surface area (TPSA) is 17.1 Å². The van der Waals surface area contributed by atoms with Crippen LogP contribution in [-0.2, 0) is 4.79 Å². The third kappa shape index (κ3) is 1.42. The van der Waals surface area contributed by atoms with Gasteiger partial charge < -0.3 is 0 Å². The highest BCUT2D eigenvalue weighted by molar-refractivity contribution is 9.10. The van der Waals surface area contributed by atoms with Crippen LogP contribution in [0.15, 0.2) is 16.6 Å². The normalized spacial score (nSPS) is 20.8. The molecule has 0 heterocycles. The quantitative estimate of drug-likeness (QED) is 0.748. The number of hydrogen-bond donors (Lipinski definition) is 0. The average Bonchev–Trinajstić information content (AvgIpc) is 2.16. The zero-order chi connectivity index (χ0) is 10.3. The van der Waals surface area contributed by atoms with E-state index in [0.717, 1.165) is 17.3 Å². The molecule has 1 atom stereocenters. The number of hydrogen-bond acceptors (Lipinski definition) is 1. The molecule has 2 rings (SSSR count). The van der Waals surface area contributed by atoms with E-state index in [0.29, 0.717) is 5.78 Å². The van der Waals surface area contributed by atoms with Crippen LogP contribution < -0.4 is 0 Å². The predicted octanol–water partition coefficient (Wildman–Crippen LogP) is 3.51. The summed E-state index contributed by atoms with van der Waals surface area (Å²) in [5.41, 5.74) is 3.67. The summed E-state index contributed by atoms with van der Waals surface area (Å²) in [7, 11) is 0. The van der Waals surface area contributed by atoms with Crippen LogP contribution >= 0.6 is 15.9 Å². The molecule has 1 unspecified atom stereocenters. The summed E-state index contributed by atoms with van der Waals surface area (Å²) in [6.45, 7) is 4.15. The Morgan fingerprint density at radius 2 is 2.07 bits per heavy atom. The predicted molar refractivity (Wildman–Crippen MR) is 60.6 cm³/mol. The van der Waals surface area contributed by atoms with Crippen LogP contribution in [0.4, 0.5) is 0 Å². The zero-order valence-electron chi connectivity index (χ0n) is 8.43. The Labute approximate surface area is 92.6 Å². The Morgan fingerprint density at radius 1 is 1.36 bits per heavy atom. The van der Waals surface area contributed by atoms with Gasteiger partial charge in [0.05, 0.1) is 0 Å². The molecule has 0 bridgehead atoms. The summed E-state index contributed by atoms with van der Waals surface area (Å²) in [6, 6.07) is 4.18. The van der Waals surface area contributed by atoms with Crippen molar-refractivity contribution in [2.24, 2.45) is 0 Å². The van der Waals surface area contributed by atoms with E-state index in [1.54, 1.807) is 0 Å². The second-order valence-electron chi connectivity index (χ2n) is 3.97. The van der Waals surface area contributed by atoms with E-state index in [2.05, 4.69) is 41.9 Å². The Morgan fingerprint density at radius 3 is 2.57 bits per heavy atom. The lowest BCUT2D eigenvalue weighted by Crippen LogP contribution is -2.24. The maximum absolute atomic E-state index is 11.4. The van der Waals surface area contributed by atoms with E-state index in [-0.39, 0.29) is 5.92 Å². The molecule has 1 aliphatic carbocycles. The zero-order valence-corrected chi connectivity index (χ0v) is 10.0. The van der Waals surface area contributed by atoms with Gasteiger partial charge in [0.1, 0.15) is 5.78 Å². The summed E-state index contributed by atoms with van der Waals surface area (Å²) in [5.74, 6) is 0.566. The average molecular weight is 253 g/mol. The fourth-order valence-corrected chi connectivity index (χ4v) is 2.31. The molecular weight excluding hydrogens is 240 g/mol. The number of aryl methyl sites for hydroxylation is 1. The number of carbonyl (C=O) groups excluding carboxylic acids is 1. The third-order valence-electron chi connectivity index (χ3n) is 3.06. The van der Waals surface area contributed by atoms with Gasteiger partial charge in [-0.05, 0) is 37.0 Å². The molecule has 1 saturated carbocycles. The summed E-state index contributed by atoms with van der Waals surface area (Å²) in [5, 5.41) is 0. The van der Waals surface area contributed by atoms with Gasteiger partial charge in [0.15, 0.2) is 0 Å². The maximum atomic E-state index is 11.4. The van der Waals surface area contributed by atoms with Gasteiger partial charge in [-0.2, -0.15) is 0 Å². The highest BCUT2D eigenvalue weighted by atomic mass is 79.9. The number of carbonyl (C=O) groups is 1. The van der Waals surface area contributed by atoms with Gasteiger partial charge in [-0.15, -0.1) is 0 Å². The molecule has 0 aliphatic heterocycles. The Balaban J connectivity index is 2.44. The second-order valence-corrected chi connectivity index (χ2v) is 4.76. The number of Topliss-reactive ketones (excluding diaryl/α,β-unsaturated/α-hetero) is 1. The molecule has 0 N–H and O–H groups in total. The maximum Gasteiger partial charge on any atom is 0.140 e. The molecule has 0 amide bonds. The van der Waals surface area contributed by atoms with E-state index in [1.165, 1.54) is 16.7 Å². The molecular formula is C12H13BrO. The standard InChI is InChI=1S/C12H13BrO/c1-7-3-4-9(8(2)12(7)13)10-5-6-11(10)14/h3-4,10H,5-6H2,1-2H3. The van der Waals surface area contributed by atoms with Crippen molar-refractivity contribution < 1.29 is 4.79 Å². The molecule has 1 aliphatic rings. The van der Waals surface area contributed by atoms with Gasteiger partial charge in [-0.25, -0.2) is 0 Å². The summed E-state index contributed by atoms with van der Waals surface area (Å²) >= 11 is 3.56. The molecule has 0 radical (unpaired) electrons. The largest absolute Gasteiger partial charge is 0.299 e. The monoisotopic (exact) mass is 252 g/mol. The van der Waals surface area contributed by atoms with Crippen LogP contribution in [-0.4, -0.2) is 5.78 Å². The van der Waals surface area contributed by atoms with Gasteiger partial charge >= 0.3 is 0 Å². The smallest absolute Gasteiger partial charge is 0.140 e. The lowest BCUT2D eigenvalue weighted by atomic mass is 9.77. The Bertz CT molecular complexity index is 396. The number of halogens is 1. The van der Waals surface area contributed by atoms with Crippen molar-refractivity contribution in [2.75, 3.05) is 0 Å². The molecule has 1 aromatic carbocycles. The van der Waals surface area contributed by atoms with E-state index >= 15 is 0 Å². The number of rotatable bonds is 1. The molecule has 0 saturated heterocycles. The highest BCUT2D eigenvalue weighted by Crippen LogP contribution is 2.37. The summed E-state index contributed by atoms with van der Waals surface area (Å²) in [6.07, 6.45) is 1.78. The van der Waals surface area contributed by atoms with Gasteiger partial charge in [0.25, 0.3) is 0 Å². The van der Waals surface area contributed by atoms with E-state index in [9.17, 15) is 4.79 Å². The van der Waals surface area contributed by atoms with Crippen molar-refractivity contribution >= 4 is 21.7 Å². The third-order valence-corrected chi connectivity index (χ3v) is 4.29. The highest BCUT2D eigenvalue weighted by Gasteiger charge is 2.30. The van der Waals surface area contributed by atoms with Gasteiger partial charge in [-0.3, -0.25) is 4.79 Å². The Hall–Kier alpha value is -0.630. The first-order chi connectivity index (χ1) is 6.61. The summed E-state index contributed by atoms with van der Waals surface area (Å²) in [4.78, 5) is 11.4. The van der Waals surface area contributed by atoms with Crippen LogP contribution in [0.3, 0.4) is 0 Å². The molecule has 2 heteroatoms. The number of ketones is 1. The van der Waals surface area contributed by atoms with Crippen molar-refractivity contribution in [2.45, 2.75) is 32.6 Å². The minimum Gasteiger partial charge on any atom is -0.299 e. The van der Waals surface area contributed by atoms with Crippen molar-refractivity contribution in [1.29, 1.82) is 0 Å². The first-order valence-corrected chi connectivity index (χ1v) is 5.69. The van der Waals surface area contributed by atoms with E-state index < -0.39 is 0 Å². The van der Waals surface area contributed by atoms with Crippen molar-refractivity contribution in [3.63, 3.8) is 0 Å². The second kappa shape index (κ2) is 3.50. The van der Waals surface area contributed by atoms with Gasteiger partial charge in [0, 0.05) is 16.8 Å². The molecule has 0 spiro atoms. The molecule has 14 heavy (non-hydrogen) atoms. The molecule has 0 aromatic heterocycles. The lowest BCUT2D eigenvalue weighted by Gasteiger charge is -2.26. The van der Waals surface area contributed by atoms with Crippen molar-refractivity contribution in [1.82, 2.24) is 0 Å². The van der Waals surface area contributed by atoms with E-state index in [4.69, 9.17) is 0 Å². The molecule has 1 fully saturated rings. The van der Waals surface area contributed by atoms with E-state index in [1.807, 2.05) is 0 Å². The first kappa shape index (κ1) is 9.91. The lowest BCUT2D eigenvalue weighted by molar-refractivity contribution is -0.125. The van der Waals surface area contributed by atoms with Crippen molar-refractivity contribution in [3.8, 4) is 0 Å². The molecule has 1 aromatic rings. The van der Waals surface area contributed by atoms with Crippen LogP contribution in [0.2, 0.25) is 0 Å². The number of benzene rings is 1. The van der Waals surface area contributed by atoms with Crippen LogP contribution in [0.1, 0.15) is 35.4 Å². The van der Waals surface area contributed by atoms with Crippen molar-refractivity contribution in [3.05, 3.63) is 33.3 Å². The first-order valence-electron chi connectivity index (χ1n) is 4.89. The SMILES string of the molecule is Cc1ccc(C2CCC2=O)c(C)c1Br. The fourth-order valence-electron chi connectivity index (χ4n) is 1.95. The minimum atomic E-state index is 0.173. The van der Waals surface area contributed by atoms with Crippen LogP contribution in [0.25, 0.3) is 0 Å². The molecule has 74 valence electrons. The Kier molecular flexibility index (Phi) is 2.48. The molecule has 1 nitrogen and oxygen atoms in total. The summed E-state index contributed by atoms with van der Waals surface area (Å²) < 4.78 is 1.15. The minimum absolute atomic E-state index is 0.173. The van der Waals surface area contributed by atoms with Gasteiger partial charge in [-0.1, -0.05) is 28.1 Å². The fraction of sp³-hybridized carbons (Fsp3) is 0.417. The van der Waals surface area contributed by atoms with Gasteiger partial charge in [0.2, 0.25) is 0 Å². The van der Waals surface area contributed by atoms with Crippen LogP contribution in [0, 0.1) is 13.8 Å². The van der Waals surface area contributed by atoms with Crippen LogP contribution in [0.5, 0.6) is 0 Å².